The lowest BCUT2D eigenvalue weighted by Gasteiger charge is -2.07. The van der Waals surface area contributed by atoms with Crippen molar-refractivity contribution in [2.45, 2.75) is 0 Å². The van der Waals surface area contributed by atoms with Crippen LogP contribution in [0.25, 0.3) is 11.1 Å². The molecule has 0 spiro atoms. The van der Waals surface area contributed by atoms with Crippen LogP contribution in [0.2, 0.25) is 0 Å². The van der Waals surface area contributed by atoms with E-state index >= 15 is 0 Å². The quantitative estimate of drug-likeness (QED) is 0.767. The number of phenols is 1. The molecule has 18 heavy (non-hydrogen) atoms. The molecule has 0 aliphatic heterocycles. The summed E-state index contributed by atoms with van der Waals surface area (Å²) in [5.41, 5.74) is 7.91. The first-order valence-corrected chi connectivity index (χ1v) is 5.57. The van der Waals surface area contributed by atoms with Crippen LogP contribution in [0.5, 0.6) is 5.75 Å². The molecule has 4 heteroatoms. The topological polar surface area (TPSA) is 75.4 Å². The molecule has 4 N–H and O–H groups in total. The number of carbonyl (C=O) groups is 1. The first-order chi connectivity index (χ1) is 8.65. The Morgan fingerprint density at radius 2 is 1.83 bits per heavy atom. The molecule has 4 nitrogen and oxygen atoms in total. The normalized spacial score (nSPS) is 10.0. The number of rotatable bonds is 4. The summed E-state index contributed by atoms with van der Waals surface area (Å²) in [6, 6.07) is 14.6. The second-order valence-electron chi connectivity index (χ2n) is 3.95. The molecule has 1 amide bonds. The Balaban J connectivity index is 2.21. The maximum absolute atomic E-state index is 10.7. The monoisotopic (exact) mass is 242 g/mol. The second kappa shape index (κ2) is 5.23. The van der Waals surface area contributed by atoms with Crippen molar-refractivity contribution in [1.29, 1.82) is 0 Å². The van der Waals surface area contributed by atoms with Gasteiger partial charge in [-0.05, 0) is 35.4 Å². The Labute approximate surface area is 105 Å². The summed E-state index contributed by atoms with van der Waals surface area (Å²) in [4.78, 5) is 10.7. The Bertz CT molecular complexity index is 550. The standard InChI is InChI=1S/C14H14N2O2/c15-14(18)9-16-12-3-1-2-11(8-12)10-4-6-13(17)7-5-10/h1-8,16-17H,9H2,(H2,15,18). The van der Waals surface area contributed by atoms with E-state index in [2.05, 4.69) is 5.32 Å². The molecule has 0 heterocycles. The minimum atomic E-state index is -0.398. The molecule has 2 aromatic rings. The van der Waals surface area contributed by atoms with Crippen LogP contribution in [0.15, 0.2) is 48.5 Å². The smallest absolute Gasteiger partial charge is 0.236 e. The number of primary amides is 1. The first-order valence-electron chi connectivity index (χ1n) is 5.57. The number of aromatic hydroxyl groups is 1. The molecule has 0 unspecified atom stereocenters. The maximum Gasteiger partial charge on any atom is 0.236 e. The molecule has 2 rings (SSSR count). The Morgan fingerprint density at radius 1 is 1.11 bits per heavy atom. The fourth-order valence-electron chi connectivity index (χ4n) is 1.65. The number of anilines is 1. The minimum absolute atomic E-state index is 0.110. The van der Waals surface area contributed by atoms with Gasteiger partial charge in [0, 0.05) is 5.69 Å². The van der Waals surface area contributed by atoms with Crippen molar-refractivity contribution in [2.24, 2.45) is 5.73 Å². The van der Waals surface area contributed by atoms with Crippen LogP contribution in [0, 0.1) is 0 Å². The number of hydrogen-bond donors (Lipinski definition) is 3. The van der Waals surface area contributed by atoms with Crippen molar-refractivity contribution < 1.29 is 9.90 Å². The van der Waals surface area contributed by atoms with Gasteiger partial charge in [0.1, 0.15) is 5.75 Å². The molecule has 0 bridgehead atoms. The SMILES string of the molecule is NC(=O)CNc1cccc(-c2ccc(O)cc2)c1. The van der Waals surface area contributed by atoms with Gasteiger partial charge in [0.2, 0.25) is 5.91 Å². The highest BCUT2D eigenvalue weighted by molar-refractivity contribution is 5.79. The lowest BCUT2D eigenvalue weighted by Crippen LogP contribution is -2.21. The van der Waals surface area contributed by atoms with Gasteiger partial charge in [-0.25, -0.2) is 0 Å². The lowest BCUT2D eigenvalue weighted by atomic mass is 10.1. The first kappa shape index (κ1) is 12.0. The Morgan fingerprint density at radius 3 is 2.50 bits per heavy atom. The van der Waals surface area contributed by atoms with Gasteiger partial charge < -0.3 is 16.2 Å². The molecule has 0 aliphatic rings. The maximum atomic E-state index is 10.7. The summed E-state index contributed by atoms with van der Waals surface area (Å²) < 4.78 is 0. The van der Waals surface area contributed by atoms with Crippen molar-refractivity contribution in [3.8, 4) is 16.9 Å². The van der Waals surface area contributed by atoms with E-state index in [1.165, 1.54) is 0 Å². The number of nitrogens with two attached hydrogens (primary N) is 1. The van der Waals surface area contributed by atoms with Crippen molar-refractivity contribution in [3.63, 3.8) is 0 Å². The summed E-state index contributed by atoms with van der Waals surface area (Å²) in [6.07, 6.45) is 0. The number of nitrogens with one attached hydrogen (secondary N) is 1. The van der Waals surface area contributed by atoms with E-state index in [4.69, 9.17) is 5.73 Å². The molecular formula is C14H14N2O2. The molecule has 0 fully saturated rings. The van der Waals surface area contributed by atoms with E-state index in [-0.39, 0.29) is 12.3 Å². The zero-order chi connectivity index (χ0) is 13.0. The summed E-state index contributed by atoms with van der Waals surface area (Å²) in [7, 11) is 0. The summed E-state index contributed by atoms with van der Waals surface area (Å²) >= 11 is 0. The molecule has 0 saturated heterocycles. The van der Waals surface area contributed by atoms with E-state index in [1.54, 1.807) is 12.1 Å². The summed E-state index contributed by atoms with van der Waals surface area (Å²) in [6.45, 7) is 0.110. The number of benzene rings is 2. The van der Waals surface area contributed by atoms with Crippen LogP contribution < -0.4 is 11.1 Å². The molecule has 0 aromatic heterocycles. The third-order valence-corrected chi connectivity index (χ3v) is 2.53. The van der Waals surface area contributed by atoms with E-state index in [0.29, 0.717) is 0 Å². The highest BCUT2D eigenvalue weighted by Crippen LogP contribution is 2.24. The highest BCUT2D eigenvalue weighted by Gasteiger charge is 2.00. The molecule has 0 saturated carbocycles. The Kier molecular flexibility index (Phi) is 3.48. The third kappa shape index (κ3) is 3.01. The lowest BCUT2D eigenvalue weighted by molar-refractivity contribution is -0.116. The van der Waals surface area contributed by atoms with Gasteiger partial charge in [-0.1, -0.05) is 24.3 Å². The molecular weight excluding hydrogens is 228 g/mol. The van der Waals surface area contributed by atoms with Gasteiger partial charge in [-0.15, -0.1) is 0 Å². The van der Waals surface area contributed by atoms with Gasteiger partial charge in [0.15, 0.2) is 0 Å². The predicted molar refractivity (Wildman–Crippen MR) is 71.2 cm³/mol. The fourth-order valence-corrected chi connectivity index (χ4v) is 1.65. The fraction of sp³-hybridized carbons (Fsp3) is 0.0714. The van der Waals surface area contributed by atoms with Crippen molar-refractivity contribution in [2.75, 3.05) is 11.9 Å². The van der Waals surface area contributed by atoms with Crippen LogP contribution in [0.1, 0.15) is 0 Å². The molecule has 0 atom stereocenters. The molecule has 0 radical (unpaired) electrons. The van der Waals surface area contributed by atoms with Crippen LogP contribution in [-0.4, -0.2) is 17.6 Å². The van der Waals surface area contributed by atoms with E-state index in [0.717, 1.165) is 16.8 Å². The van der Waals surface area contributed by atoms with Crippen molar-refractivity contribution >= 4 is 11.6 Å². The second-order valence-corrected chi connectivity index (χ2v) is 3.95. The third-order valence-electron chi connectivity index (χ3n) is 2.53. The van der Waals surface area contributed by atoms with Gasteiger partial charge in [0.05, 0.1) is 6.54 Å². The van der Waals surface area contributed by atoms with Crippen LogP contribution in [-0.2, 0) is 4.79 Å². The minimum Gasteiger partial charge on any atom is -0.508 e. The van der Waals surface area contributed by atoms with Gasteiger partial charge >= 0.3 is 0 Å². The van der Waals surface area contributed by atoms with Crippen molar-refractivity contribution in [3.05, 3.63) is 48.5 Å². The number of hydrogen-bond acceptors (Lipinski definition) is 3. The molecule has 92 valence electrons. The van der Waals surface area contributed by atoms with Gasteiger partial charge in [-0.2, -0.15) is 0 Å². The van der Waals surface area contributed by atoms with Gasteiger partial charge in [0.25, 0.3) is 0 Å². The molecule has 0 aliphatic carbocycles. The zero-order valence-electron chi connectivity index (χ0n) is 9.76. The number of amides is 1. The molecule has 2 aromatic carbocycles. The largest absolute Gasteiger partial charge is 0.508 e. The van der Waals surface area contributed by atoms with Gasteiger partial charge in [-0.3, -0.25) is 4.79 Å². The number of phenolic OH excluding ortho intramolecular Hbond substituents is 1. The highest BCUT2D eigenvalue weighted by atomic mass is 16.3. The van der Waals surface area contributed by atoms with Crippen LogP contribution in [0.4, 0.5) is 5.69 Å². The van der Waals surface area contributed by atoms with Crippen LogP contribution >= 0.6 is 0 Å². The Hall–Kier alpha value is -2.49. The van der Waals surface area contributed by atoms with Crippen molar-refractivity contribution in [1.82, 2.24) is 0 Å². The number of carbonyl (C=O) groups excluding carboxylic acids is 1. The van der Waals surface area contributed by atoms with E-state index < -0.39 is 5.91 Å². The predicted octanol–water partition coefficient (Wildman–Crippen LogP) is 1.96. The summed E-state index contributed by atoms with van der Waals surface area (Å²) in [5, 5.41) is 12.2. The van der Waals surface area contributed by atoms with Crippen LogP contribution in [0.3, 0.4) is 0 Å². The average molecular weight is 242 g/mol. The van der Waals surface area contributed by atoms with E-state index in [9.17, 15) is 9.90 Å². The summed E-state index contributed by atoms with van der Waals surface area (Å²) in [5.74, 6) is -0.160. The van der Waals surface area contributed by atoms with E-state index in [1.807, 2.05) is 36.4 Å². The average Bonchev–Trinajstić information content (AvgIpc) is 2.37. The zero-order valence-corrected chi connectivity index (χ0v) is 9.76.